The van der Waals surface area contributed by atoms with Gasteiger partial charge in [-0.1, -0.05) is 13.0 Å². The van der Waals surface area contributed by atoms with E-state index >= 15 is 0 Å². The molecule has 1 saturated heterocycles. The molecule has 18 heavy (non-hydrogen) atoms. The first-order chi connectivity index (χ1) is 8.52. The van der Waals surface area contributed by atoms with Crippen molar-refractivity contribution in [2.75, 3.05) is 0 Å². The fourth-order valence-electron chi connectivity index (χ4n) is 2.48. The maximum Gasteiger partial charge on any atom is 0.328 e. The first-order valence-corrected chi connectivity index (χ1v) is 5.93. The zero-order valence-corrected chi connectivity index (χ0v) is 10.0. The van der Waals surface area contributed by atoms with Gasteiger partial charge in [-0.05, 0) is 19.3 Å². The molecule has 0 radical (unpaired) electrons. The average molecular weight is 250 g/mol. The number of nitrogens with one attached hydrogen (secondary N) is 2. The van der Waals surface area contributed by atoms with Crippen LogP contribution in [-0.4, -0.2) is 23.6 Å². The van der Waals surface area contributed by atoms with Gasteiger partial charge in [0.1, 0.15) is 0 Å². The number of hydrogen-bond donors (Lipinski definition) is 2. The van der Waals surface area contributed by atoms with Crippen LogP contribution in [0.15, 0.2) is 11.6 Å². The van der Waals surface area contributed by atoms with Crippen molar-refractivity contribution in [3.8, 4) is 0 Å². The maximum absolute atomic E-state index is 12.0. The molecular formula is C12H14N2O4. The van der Waals surface area contributed by atoms with Crippen molar-refractivity contribution in [1.82, 2.24) is 10.6 Å². The van der Waals surface area contributed by atoms with Crippen LogP contribution in [0, 0.1) is 5.41 Å². The summed E-state index contributed by atoms with van der Waals surface area (Å²) >= 11 is 0. The highest BCUT2D eigenvalue weighted by molar-refractivity contribution is 6.25. The summed E-state index contributed by atoms with van der Waals surface area (Å²) in [5, 5.41) is 4.13. The zero-order valence-electron chi connectivity index (χ0n) is 10.0. The van der Waals surface area contributed by atoms with E-state index in [-0.39, 0.29) is 17.8 Å². The molecular weight excluding hydrogens is 236 g/mol. The van der Waals surface area contributed by atoms with Crippen molar-refractivity contribution in [3.63, 3.8) is 0 Å². The second-order valence-electron chi connectivity index (χ2n) is 4.43. The number of ketones is 1. The molecule has 0 atom stereocenters. The van der Waals surface area contributed by atoms with E-state index in [1.54, 1.807) is 13.0 Å². The Balaban J connectivity index is 2.50. The van der Waals surface area contributed by atoms with Gasteiger partial charge in [-0.2, -0.15) is 0 Å². The number of rotatable bonds is 2. The number of carbonyl (C=O) groups is 4. The molecule has 0 aromatic heterocycles. The van der Waals surface area contributed by atoms with Crippen LogP contribution in [0.25, 0.3) is 0 Å². The first kappa shape index (κ1) is 12.5. The molecule has 1 aliphatic carbocycles. The van der Waals surface area contributed by atoms with E-state index in [0.29, 0.717) is 12.8 Å². The summed E-state index contributed by atoms with van der Waals surface area (Å²) in [5.41, 5.74) is -1.33. The minimum absolute atomic E-state index is 0.148. The van der Waals surface area contributed by atoms with Gasteiger partial charge in [-0.3, -0.25) is 25.0 Å². The lowest BCUT2D eigenvalue weighted by Crippen LogP contribution is -2.63. The monoisotopic (exact) mass is 250 g/mol. The second kappa shape index (κ2) is 4.36. The summed E-state index contributed by atoms with van der Waals surface area (Å²) in [7, 11) is 0. The van der Waals surface area contributed by atoms with E-state index in [9.17, 15) is 19.2 Å². The lowest BCUT2D eigenvalue weighted by atomic mass is 9.70. The minimum Gasteiger partial charge on any atom is -0.295 e. The zero-order chi connectivity index (χ0) is 13.3. The number of urea groups is 1. The van der Waals surface area contributed by atoms with Crippen molar-refractivity contribution in [3.05, 3.63) is 11.6 Å². The average Bonchev–Trinajstić information content (AvgIpc) is 2.31. The topological polar surface area (TPSA) is 92.3 Å². The molecule has 0 aromatic carbocycles. The molecule has 2 rings (SSSR count). The summed E-state index contributed by atoms with van der Waals surface area (Å²) in [6, 6.07) is -0.835. The van der Waals surface area contributed by atoms with Crippen LogP contribution in [0.3, 0.4) is 0 Å². The molecule has 6 nitrogen and oxygen atoms in total. The molecule has 0 bridgehead atoms. The van der Waals surface area contributed by atoms with E-state index < -0.39 is 23.3 Å². The SMILES string of the molecule is CCC1(C2=CCCCC2=O)C(=O)NC(=O)NC1=O. The Bertz CT molecular complexity index is 458. The standard InChI is InChI=1S/C12H14N2O4/c1-2-12(7-5-3-4-6-8(7)15)9(16)13-11(18)14-10(12)17/h5H,2-4,6H2,1H3,(H2,13,14,16,17,18). The lowest BCUT2D eigenvalue weighted by molar-refractivity contribution is -0.143. The third kappa shape index (κ3) is 1.64. The minimum atomic E-state index is -1.55. The van der Waals surface area contributed by atoms with E-state index in [1.165, 1.54) is 0 Å². The summed E-state index contributed by atoms with van der Waals surface area (Å²) in [6.07, 6.45) is 3.52. The van der Waals surface area contributed by atoms with Crippen molar-refractivity contribution >= 4 is 23.6 Å². The summed E-state index contributed by atoms with van der Waals surface area (Å²) in [5.74, 6) is -1.61. The van der Waals surface area contributed by atoms with E-state index in [0.717, 1.165) is 6.42 Å². The third-order valence-corrected chi connectivity index (χ3v) is 3.48. The Morgan fingerprint density at radius 2 is 1.78 bits per heavy atom. The van der Waals surface area contributed by atoms with Gasteiger partial charge in [0.2, 0.25) is 11.8 Å². The van der Waals surface area contributed by atoms with Crippen LogP contribution >= 0.6 is 0 Å². The molecule has 0 unspecified atom stereocenters. The molecule has 2 N–H and O–H groups in total. The Morgan fingerprint density at radius 1 is 1.17 bits per heavy atom. The highest BCUT2D eigenvalue weighted by Gasteiger charge is 2.53. The molecule has 0 spiro atoms. The van der Waals surface area contributed by atoms with E-state index in [2.05, 4.69) is 10.6 Å². The molecule has 1 fully saturated rings. The van der Waals surface area contributed by atoms with Crippen molar-refractivity contribution in [2.24, 2.45) is 5.41 Å². The number of carbonyl (C=O) groups excluding carboxylic acids is 4. The molecule has 4 amide bonds. The Labute approximate surface area is 104 Å². The highest BCUT2D eigenvalue weighted by Crippen LogP contribution is 2.37. The van der Waals surface area contributed by atoms with Crippen LogP contribution in [0.2, 0.25) is 0 Å². The quantitative estimate of drug-likeness (QED) is 0.695. The summed E-state index contributed by atoms with van der Waals surface area (Å²) in [6.45, 7) is 1.65. The molecule has 6 heteroatoms. The maximum atomic E-state index is 12.0. The van der Waals surface area contributed by atoms with Crippen LogP contribution in [0.5, 0.6) is 0 Å². The smallest absolute Gasteiger partial charge is 0.295 e. The van der Waals surface area contributed by atoms with E-state index in [1.807, 2.05) is 0 Å². The van der Waals surface area contributed by atoms with Gasteiger partial charge < -0.3 is 0 Å². The number of amides is 4. The van der Waals surface area contributed by atoms with Gasteiger partial charge in [0.15, 0.2) is 11.2 Å². The summed E-state index contributed by atoms with van der Waals surface area (Å²) < 4.78 is 0. The van der Waals surface area contributed by atoms with Gasteiger partial charge in [0.25, 0.3) is 0 Å². The van der Waals surface area contributed by atoms with Crippen molar-refractivity contribution in [2.45, 2.75) is 32.6 Å². The fourth-order valence-corrected chi connectivity index (χ4v) is 2.48. The molecule has 1 aliphatic heterocycles. The molecule has 0 aromatic rings. The lowest BCUT2D eigenvalue weighted by Gasteiger charge is -2.35. The van der Waals surface area contributed by atoms with Crippen molar-refractivity contribution in [1.29, 1.82) is 0 Å². The van der Waals surface area contributed by atoms with Crippen molar-refractivity contribution < 1.29 is 19.2 Å². The van der Waals surface area contributed by atoms with Crippen LogP contribution in [-0.2, 0) is 14.4 Å². The normalized spacial score (nSPS) is 23.3. The third-order valence-electron chi connectivity index (χ3n) is 3.48. The van der Waals surface area contributed by atoms with E-state index in [4.69, 9.17) is 0 Å². The molecule has 96 valence electrons. The molecule has 1 heterocycles. The van der Waals surface area contributed by atoms with Gasteiger partial charge >= 0.3 is 6.03 Å². The predicted molar refractivity (Wildman–Crippen MR) is 61.3 cm³/mol. The Morgan fingerprint density at radius 3 is 2.28 bits per heavy atom. The van der Waals surface area contributed by atoms with Crippen LogP contribution in [0.4, 0.5) is 4.79 Å². The predicted octanol–water partition coefficient (Wildman–Crippen LogP) is 0.428. The molecule has 0 saturated carbocycles. The van der Waals surface area contributed by atoms with Crippen LogP contribution in [0.1, 0.15) is 32.6 Å². The number of barbiturate groups is 1. The van der Waals surface area contributed by atoms with Gasteiger partial charge in [-0.25, -0.2) is 4.79 Å². The first-order valence-electron chi connectivity index (χ1n) is 5.93. The Hall–Kier alpha value is -1.98. The number of allylic oxidation sites excluding steroid dienone is 1. The number of hydrogen-bond acceptors (Lipinski definition) is 4. The van der Waals surface area contributed by atoms with Gasteiger partial charge in [-0.15, -0.1) is 0 Å². The van der Waals surface area contributed by atoms with Gasteiger partial charge in [0, 0.05) is 12.0 Å². The number of imide groups is 2. The highest BCUT2D eigenvalue weighted by atomic mass is 16.2. The van der Waals surface area contributed by atoms with Crippen LogP contribution < -0.4 is 10.6 Å². The molecule has 2 aliphatic rings. The fraction of sp³-hybridized carbons (Fsp3) is 0.500. The van der Waals surface area contributed by atoms with Gasteiger partial charge in [0.05, 0.1) is 0 Å². The second-order valence-corrected chi connectivity index (χ2v) is 4.43. The largest absolute Gasteiger partial charge is 0.328 e. The Kier molecular flexibility index (Phi) is 3.02. The summed E-state index contributed by atoms with van der Waals surface area (Å²) in [4.78, 5) is 47.1. The number of Topliss-reactive ketones (excluding diaryl/α,β-unsaturated/α-hetero) is 1.